The van der Waals surface area contributed by atoms with Gasteiger partial charge in [-0.15, -0.1) is 0 Å². The summed E-state index contributed by atoms with van der Waals surface area (Å²) in [5.41, 5.74) is 0.924. The molecule has 1 aliphatic rings. The molecule has 19 heavy (non-hydrogen) atoms. The predicted molar refractivity (Wildman–Crippen MR) is 73.8 cm³/mol. The Kier molecular flexibility index (Phi) is 5.10. The Balaban J connectivity index is 2.06. The summed E-state index contributed by atoms with van der Waals surface area (Å²) in [7, 11) is 3.61. The lowest BCUT2D eigenvalue weighted by atomic mass is 9.97. The molecule has 0 atom stereocenters. The molecule has 0 radical (unpaired) electrons. The van der Waals surface area contributed by atoms with Gasteiger partial charge in [0.25, 0.3) is 0 Å². The summed E-state index contributed by atoms with van der Waals surface area (Å²) < 4.78 is 18.5. The van der Waals surface area contributed by atoms with E-state index in [0.717, 1.165) is 43.9 Å². The molecule has 5 heteroatoms. The van der Waals surface area contributed by atoms with E-state index in [0.29, 0.717) is 12.5 Å². The third-order valence-electron chi connectivity index (χ3n) is 3.59. The molecule has 0 bridgehead atoms. The molecule has 0 aromatic carbocycles. The minimum Gasteiger partial charge on any atom is -0.384 e. The van der Waals surface area contributed by atoms with Gasteiger partial charge in [0.2, 0.25) is 0 Å². The first-order chi connectivity index (χ1) is 9.24. The quantitative estimate of drug-likeness (QED) is 0.883. The highest BCUT2D eigenvalue weighted by Gasteiger charge is 2.21. The van der Waals surface area contributed by atoms with Gasteiger partial charge in [-0.3, -0.25) is 0 Å². The summed E-state index contributed by atoms with van der Waals surface area (Å²) in [6, 6.07) is 1.57. The molecular weight excluding hydrogens is 245 g/mol. The van der Waals surface area contributed by atoms with Crippen molar-refractivity contribution in [3.8, 4) is 0 Å². The van der Waals surface area contributed by atoms with Crippen molar-refractivity contribution in [2.24, 2.45) is 5.92 Å². The molecule has 0 saturated carbocycles. The number of pyridine rings is 1. The smallest absolute Gasteiger partial charge is 0.141 e. The fraction of sp³-hybridized carbons (Fsp3) is 0.643. The maximum atomic E-state index is 13.3. The van der Waals surface area contributed by atoms with Gasteiger partial charge in [0, 0.05) is 38.9 Å². The van der Waals surface area contributed by atoms with E-state index < -0.39 is 0 Å². The first-order valence-electron chi connectivity index (χ1n) is 6.77. The molecule has 2 heterocycles. The SMILES string of the molecule is CNCc1cc(F)cnc1N1CCC(COC)CC1. The topological polar surface area (TPSA) is 37.4 Å². The van der Waals surface area contributed by atoms with E-state index in [1.165, 1.54) is 6.20 Å². The number of halogens is 1. The van der Waals surface area contributed by atoms with Crippen molar-refractivity contribution < 1.29 is 9.13 Å². The van der Waals surface area contributed by atoms with Crippen LogP contribution in [0.5, 0.6) is 0 Å². The average molecular weight is 267 g/mol. The number of aromatic nitrogens is 1. The van der Waals surface area contributed by atoms with Crippen LogP contribution in [-0.2, 0) is 11.3 Å². The summed E-state index contributed by atoms with van der Waals surface area (Å²) in [5, 5.41) is 3.07. The zero-order valence-corrected chi connectivity index (χ0v) is 11.7. The van der Waals surface area contributed by atoms with Crippen LogP contribution in [0.25, 0.3) is 0 Å². The summed E-state index contributed by atoms with van der Waals surface area (Å²) >= 11 is 0. The highest BCUT2D eigenvalue weighted by Crippen LogP contribution is 2.25. The van der Waals surface area contributed by atoms with Gasteiger partial charge >= 0.3 is 0 Å². The predicted octanol–water partition coefficient (Wildman–Crippen LogP) is 1.80. The fourth-order valence-electron chi connectivity index (χ4n) is 2.63. The Morgan fingerprint density at radius 3 is 2.84 bits per heavy atom. The molecule has 1 aromatic rings. The number of nitrogens with zero attached hydrogens (tertiary/aromatic N) is 2. The van der Waals surface area contributed by atoms with E-state index in [1.54, 1.807) is 13.2 Å². The van der Waals surface area contributed by atoms with E-state index in [-0.39, 0.29) is 5.82 Å². The molecule has 0 unspecified atom stereocenters. The number of nitrogens with one attached hydrogen (secondary N) is 1. The highest BCUT2D eigenvalue weighted by molar-refractivity contribution is 5.47. The molecule has 0 aliphatic carbocycles. The second-order valence-electron chi connectivity index (χ2n) is 5.05. The number of ether oxygens (including phenoxy) is 1. The Bertz CT molecular complexity index is 406. The van der Waals surface area contributed by atoms with Crippen LogP contribution in [0.3, 0.4) is 0 Å². The monoisotopic (exact) mass is 267 g/mol. The molecule has 106 valence electrons. The van der Waals surface area contributed by atoms with Crippen LogP contribution in [0.15, 0.2) is 12.3 Å². The van der Waals surface area contributed by atoms with Gasteiger partial charge in [0.05, 0.1) is 6.20 Å². The highest BCUT2D eigenvalue weighted by atomic mass is 19.1. The van der Waals surface area contributed by atoms with Crippen molar-refractivity contribution in [1.82, 2.24) is 10.3 Å². The van der Waals surface area contributed by atoms with Crippen molar-refractivity contribution in [3.63, 3.8) is 0 Å². The number of rotatable bonds is 5. The van der Waals surface area contributed by atoms with E-state index in [9.17, 15) is 4.39 Å². The Morgan fingerprint density at radius 1 is 1.47 bits per heavy atom. The summed E-state index contributed by atoms with van der Waals surface area (Å²) in [6.45, 7) is 3.39. The molecule has 1 N–H and O–H groups in total. The van der Waals surface area contributed by atoms with Crippen LogP contribution in [0.4, 0.5) is 10.2 Å². The molecular formula is C14H22FN3O. The Morgan fingerprint density at radius 2 is 2.21 bits per heavy atom. The number of anilines is 1. The summed E-state index contributed by atoms with van der Waals surface area (Å²) in [6.07, 6.45) is 3.51. The lowest BCUT2D eigenvalue weighted by molar-refractivity contribution is 0.139. The molecule has 0 spiro atoms. The van der Waals surface area contributed by atoms with E-state index in [4.69, 9.17) is 4.74 Å². The minimum atomic E-state index is -0.275. The number of methoxy groups -OCH3 is 1. The van der Waals surface area contributed by atoms with Gasteiger partial charge < -0.3 is 15.0 Å². The maximum Gasteiger partial charge on any atom is 0.141 e. The number of piperidine rings is 1. The lowest BCUT2D eigenvalue weighted by Gasteiger charge is -2.33. The molecule has 0 amide bonds. The van der Waals surface area contributed by atoms with Crippen molar-refractivity contribution >= 4 is 5.82 Å². The largest absolute Gasteiger partial charge is 0.384 e. The fourth-order valence-corrected chi connectivity index (χ4v) is 2.63. The molecule has 1 saturated heterocycles. The van der Waals surface area contributed by atoms with Crippen molar-refractivity contribution in [1.29, 1.82) is 0 Å². The zero-order valence-electron chi connectivity index (χ0n) is 11.7. The molecule has 2 rings (SSSR count). The van der Waals surface area contributed by atoms with E-state index in [2.05, 4.69) is 15.2 Å². The van der Waals surface area contributed by atoms with Gasteiger partial charge in [0.1, 0.15) is 11.6 Å². The van der Waals surface area contributed by atoms with Crippen LogP contribution < -0.4 is 10.2 Å². The third kappa shape index (κ3) is 3.64. The van der Waals surface area contributed by atoms with Gasteiger partial charge in [-0.25, -0.2) is 9.37 Å². The van der Waals surface area contributed by atoms with Crippen molar-refractivity contribution in [2.45, 2.75) is 19.4 Å². The molecule has 4 nitrogen and oxygen atoms in total. The average Bonchev–Trinajstić information content (AvgIpc) is 2.41. The summed E-state index contributed by atoms with van der Waals surface area (Å²) in [4.78, 5) is 6.52. The van der Waals surface area contributed by atoms with Crippen LogP contribution >= 0.6 is 0 Å². The van der Waals surface area contributed by atoms with Crippen LogP contribution in [0.2, 0.25) is 0 Å². The molecule has 1 aromatic heterocycles. The minimum absolute atomic E-state index is 0.275. The normalized spacial score (nSPS) is 16.9. The zero-order chi connectivity index (χ0) is 13.7. The molecule has 1 aliphatic heterocycles. The van der Waals surface area contributed by atoms with Crippen LogP contribution in [0.1, 0.15) is 18.4 Å². The van der Waals surface area contributed by atoms with Gasteiger partial charge in [0.15, 0.2) is 0 Å². The van der Waals surface area contributed by atoms with Crippen LogP contribution in [-0.4, -0.2) is 38.8 Å². The van der Waals surface area contributed by atoms with E-state index in [1.807, 2.05) is 7.05 Å². The van der Waals surface area contributed by atoms with Crippen molar-refractivity contribution in [3.05, 3.63) is 23.6 Å². The first-order valence-corrected chi connectivity index (χ1v) is 6.77. The summed E-state index contributed by atoms with van der Waals surface area (Å²) in [5.74, 6) is 1.27. The second kappa shape index (κ2) is 6.82. The van der Waals surface area contributed by atoms with Gasteiger partial charge in [-0.1, -0.05) is 0 Å². The Labute approximate surface area is 114 Å². The Hall–Kier alpha value is -1.20. The maximum absolute atomic E-state index is 13.3. The van der Waals surface area contributed by atoms with Crippen LogP contribution in [0, 0.1) is 11.7 Å². The second-order valence-corrected chi connectivity index (χ2v) is 5.05. The lowest BCUT2D eigenvalue weighted by Crippen LogP contribution is -2.36. The first kappa shape index (κ1) is 14.2. The number of hydrogen-bond donors (Lipinski definition) is 1. The standard InChI is InChI=1S/C14H22FN3O/c1-16-8-12-7-13(15)9-17-14(12)18-5-3-11(4-6-18)10-19-2/h7,9,11,16H,3-6,8,10H2,1-2H3. The number of hydrogen-bond acceptors (Lipinski definition) is 4. The van der Waals surface area contributed by atoms with Gasteiger partial charge in [-0.2, -0.15) is 0 Å². The van der Waals surface area contributed by atoms with Gasteiger partial charge in [-0.05, 0) is 31.9 Å². The third-order valence-corrected chi connectivity index (χ3v) is 3.59. The van der Waals surface area contributed by atoms with Crippen molar-refractivity contribution in [2.75, 3.05) is 38.8 Å². The van der Waals surface area contributed by atoms with E-state index >= 15 is 0 Å². The molecule has 1 fully saturated rings.